The fourth-order valence-corrected chi connectivity index (χ4v) is 3.72. The van der Waals surface area contributed by atoms with Crippen LogP contribution >= 0.6 is 0 Å². The minimum absolute atomic E-state index is 0.336. The highest BCUT2D eigenvalue weighted by atomic mass is 19.2. The summed E-state index contributed by atoms with van der Waals surface area (Å²) in [5.41, 5.74) is 2.61. The van der Waals surface area contributed by atoms with Crippen molar-refractivity contribution in [2.45, 2.75) is 18.9 Å². The van der Waals surface area contributed by atoms with Gasteiger partial charge < -0.3 is 14.8 Å². The van der Waals surface area contributed by atoms with Crippen molar-refractivity contribution >= 4 is 16.7 Å². The van der Waals surface area contributed by atoms with E-state index in [2.05, 4.69) is 25.0 Å². The third kappa shape index (κ3) is 2.63. The molecule has 1 saturated heterocycles. The van der Waals surface area contributed by atoms with Crippen LogP contribution in [0.3, 0.4) is 0 Å². The van der Waals surface area contributed by atoms with Gasteiger partial charge in [-0.05, 0) is 31.0 Å². The average molecular weight is 355 g/mol. The molecule has 7 heteroatoms. The Kier molecular flexibility index (Phi) is 3.63. The first-order valence-corrected chi connectivity index (χ1v) is 8.99. The molecule has 5 nitrogen and oxygen atoms in total. The highest BCUT2D eigenvalue weighted by Gasteiger charge is 2.28. The second-order valence-electron chi connectivity index (χ2n) is 7.00. The lowest BCUT2D eigenvalue weighted by molar-refractivity contribution is 0.510. The summed E-state index contributed by atoms with van der Waals surface area (Å²) in [6.45, 7) is 3.62. The zero-order valence-corrected chi connectivity index (χ0v) is 14.3. The molecule has 134 valence electrons. The van der Waals surface area contributed by atoms with E-state index in [4.69, 9.17) is 0 Å². The third-order valence-corrected chi connectivity index (χ3v) is 5.17. The number of halogens is 2. The smallest absolute Gasteiger partial charge is 0.160 e. The van der Waals surface area contributed by atoms with Gasteiger partial charge in [0.05, 0.1) is 17.4 Å². The highest BCUT2D eigenvalue weighted by Crippen LogP contribution is 2.43. The van der Waals surface area contributed by atoms with E-state index >= 15 is 0 Å². The van der Waals surface area contributed by atoms with Crippen LogP contribution < -0.4 is 10.2 Å². The monoisotopic (exact) mass is 355 g/mol. The molecule has 0 atom stereocenters. The maximum atomic E-state index is 13.8. The molecule has 3 aromatic rings. The molecule has 1 aromatic carbocycles. The Morgan fingerprint density at radius 1 is 1.00 bits per heavy atom. The van der Waals surface area contributed by atoms with Crippen LogP contribution in [0.4, 0.5) is 14.6 Å². The van der Waals surface area contributed by atoms with E-state index in [9.17, 15) is 8.78 Å². The van der Waals surface area contributed by atoms with Crippen LogP contribution in [-0.4, -0.2) is 40.9 Å². The van der Waals surface area contributed by atoms with Crippen molar-refractivity contribution in [3.63, 3.8) is 0 Å². The van der Waals surface area contributed by atoms with Crippen molar-refractivity contribution in [1.82, 2.24) is 20.1 Å². The molecule has 0 spiro atoms. The number of benzene rings is 1. The number of hydrogen-bond acceptors (Lipinski definition) is 4. The molecule has 1 aliphatic carbocycles. The SMILES string of the molecule is Fc1cc2cc(-c3cnnc(N4CCNCC4)c3)n(C3CC3)c2cc1F. The molecule has 0 radical (unpaired) electrons. The second kappa shape index (κ2) is 6.02. The normalized spacial score (nSPS) is 17.8. The lowest BCUT2D eigenvalue weighted by Gasteiger charge is -2.28. The standard InChI is InChI=1S/C19H19F2N5/c20-15-7-12-8-17(26(14-1-2-14)18(12)10-16(15)21)13-9-19(24-23-11-13)25-5-3-22-4-6-25/h7-11,14,22H,1-6H2. The first kappa shape index (κ1) is 15.7. The van der Waals surface area contributed by atoms with Crippen LogP contribution in [0.1, 0.15) is 18.9 Å². The van der Waals surface area contributed by atoms with Crippen molar-refractivity contribution in [3.8, 4) is 11.3 Å². The summed E-state index contributed by atoms with van der Waals surface area (Å²) < 4.78 is 29.6. The fourth-order valence-electron chi connectivity index (χ4n) is 3.72. The molecule has 2 aromatic heterocycles. The number of nitrogens with zero attached hydrogens (tertiary/aromatic N) is 4. The fraction of sp³-hybridized carbons (Fsp3) is 0.368. The molecule has 5 rings (SSSR count). The van der Waals surface area contributed by atoms with E-state index in [-0.39, 0.29) is 0 Å². The van der Waals surface area contributed by atoms with Crippen molar-refractivity contribution in [3.05, 3.63) is 42.1 Å². The second-order valence-corrected chi connectivity index (χ2v) is 7.00. The summed E-state index contributed by atoms with van der Waals surface area (Å²) in [7, 11) is 0. The maximum absolute atomic E-state index is 13.8. The summed E-state index contributed by atoms with van der Waals surface area (Å²) in [5, 5.41) is 12.5. The zero-order valence-electron chi connectivity index (χ0n) is 14.3. The molecule has 0 bridgehead atoms. The Balaban J connectivity index is 1.63. The third-order valence-electron chi connectivity index (χ3n) is 5.17. The molecule has 2 fully saturated rings. The van der Waals surface area contributed by atoms with E-state index in [1.165, 1.54) is 12.1 Å². The molecular weight excluding hydrogens is 336 g/mol. The van der Waals surface area contributed by atoms with Crippen LogP contribution in [0.2, 0.25) is 0 Å². The van der Waals surface area contributed by atoms with E-state index < -0.39 is 11.6 Å². The van der Waals surface area contributed by atoms with Gasteiger partial charge in [0.15, 0.2) is 17.5 Å². The Labute approximate surface area is 149 Å². The van der Waals surface area contributed by atoms with Gasteiger partial charge in [-0.3, -0.25) is 0 Å². The molecule has 1 N–H and O–H groups in total. The molecule has 26 heavy (non-hydrogen) atoms. The van der Waals surface area contributed by atoms with Gasteiger partial charge in [0.1, 0.15) is 0 Å². The van der Waals surface area contributed by atoms with Crippen LogP contribution in [0.15, 0.2) is 30.5 Å². The summed E-state index contributed by atoms with van der Waals surface area (Å²) in [5.74, 6) is -0.779. The van der Waals surface area contributed by atoms with Crippen LogP contribution in [0.25, 0.3) is 22.2 Å². The topological polar surface area (TPSA) is 46.0 Å². The van der Waals surface area contributed by atoms with Gasteiger partial charge in [0.25, 0.3) is 0 Å². The van der Waals surface area contributed by atoms with Gasteiger partial charge in [-0.1, -0.05) is 0 Å². The number of piperazine rings is 1. The van der Waals surface area contributed by atoms with Crippen molar-refractivity contribution in [2.75, 3.05) is 31.1 Å². The molecule has 3 heterocycles. The maximum Gasteiger partial charge on any atom is 0.160 e. The Bertz CT molecular complexity index is 973. The Morgan fingerprint density at radius 2 is 1.77 bits per heavy atom. The van der Waals surface area contributed by atoms with E-state index in [0.29, 0.717) is 11.4 Å². The molecule has 1 aliphatic heterocycles. The molecule has 2 aliphatic rings. The summed E-state index contributed by atoms with van der Waals surface area (Å²) in [6, 6.07) is 6.87. The van der Waals surface area contributed by atoms with Gasteiger partial charge in [0, 0.05) is 49.2 Å². The first-order chi connectivity index (χ1) is 12.7. The van der Waals surface area contributed by atoms with Crippen LogP contribution in [0, 0.1) is 11.6 Å². The first-order valence-electron chi connectivity index (χ1n) is 8.99. The molecule has 1 saturated carbocycles. The molecule has 0 unspecified atom stereocenters. The number of aromatic nitrogens is 3. The van der Waals surface area contributed by atoms with E-state index in [1.807, 2.05) is 12.1 Å². The predicted molar refractivity (Wildman–Crippen MR) is 96.2 cm³/mol. The Hall–Kier alpha value is -2.54. The summed E-state index contributed by atoms with van der Waals surface area (Å²) in [4.78, 5) is 2.20. The summed E-state index contributed by atoms with van der Waals surface area (Å²) >= 11 is 0. The van der Waals surface area contributed by atoms with Crippen molar-refractivity contribution < 1.29 is 8.78 Å². The van der Waals surface area contributed by atoms with Crippen LogP contribution in [0.5, 0.6) is 0 Å². The van der Waals surface area contributed by atoms with E-state index in [0.717, 1.165) is 61.6 Å². The van der Waals surface area contributed by atoms with Gasteiger partial charge in [0.2, 0.25) is 0 Å². The number of nitrogens with one attached hydrogen (secondary N) is 1. The number of rotatable bonds is 3. The van der Waals surface area contributed by atoms with E-state index in [1.54, 1.807) is 6.20 Å². The molecular formula is C19H19F2N5. The largest absolute Gasteiger partial charge is 0.353 e. The van der Waals surface area contributed by atoms with Crippen LogP contribution in [-0.2, 0) is 0 Å². The van der Waals surface area contributed by atoms with Gasteiger partial charge in [-0.25, -0.2) is 8.78 Å². The lowest BCUT2D eigenvalue weighted by Crippen LogP contribution is -2.44. The minimum Gasteiger partial charge on any atom is -0.353 e. The van der Waals surface area contributed by atoms with Gasteiger partial charge in [-0.15, -0.1) is 5.10 Å². The number of hydrogen-bond donors (Lipinski definition) is 1. The number of fused-ring (bicyclic) bond motifs is 1. The number of anilines is 1. The average Bonchev–Trinajstić information content (AvgIpc) is 3.45. The zero-order chi connectivity index (χ0) is 17.7. The molecule has 0 amide bonds. The van der Waals surface area contributed by atoms with Crippen molar-refractivity contribution in [1.29, 1.82) is 0 Å². The Morgan fingerprint density at radius 3 is 2.54 bits per heavy atom. The van der Waals surface area contributed by atoms with Gasteiger partial charge >= 0.3 is 0 Å². The predicted octanol–water partition coefficient (Wildman–Crippen LogP) is 3.12. The minimum atomic E-state index is -0.814. The summed E-state index contributed by atoms with van der Waals surface area (Å²) in [6.07, 6.45) is 3.84. The quantitative estimate of drug-likeness (QED) is 0.784. The lowest BCUT2D eigenvalue weighted by atomic mass is 10.2. The van der Waals surface area contributed by atoms with Crippen molar-refractivity contribution in [2.24, 2.45) is 0 Å². The van der Waals surface area contributed by atoms with Gasteiger partial charge in [-0.2, -0.15) is 5.10 Å². The highest BCUT2D eigenvalue weighted by molar-refractivity contribution is 5.87.